The third-order valence-corrected chi connectivity index (χ3v) is 2.49. The molecule has 3 nitrogen and oxygen atoms in total. The lowest BCUT2D eigenvalue weighted by Gasteiger charge is -2.08. The standard InChI is InChI=1S/C13H9F3N2O/c14-13(15,16)12-3-1-2-10(5-12)11-4-9(7-18-19)6-17-8-11/h1-8,19H/b18-7+. The minimum atomic E-state index is -4.38. The molecule has 98 valence electrons. The summed E-state index contributed by atoms with van der Waals surface area (Å²) in [5.74, 6) is 0. The molecule has 0 atom stereocenters. The maximum absolute atomic E-state index is 12.6. The van der Waals surface area contributed by atoms with E-state index in [9.17, 15) is 13.2 Å². The Bertz CT molecular complexity index is 609. The molecule has 1 N–H and O–H groups in total. The van der Waals surface area contributed by atoms with Gasteiger partial charge in [0.1, 0.15) is 0 Å². The van der Waals surface area contributed by atoms with Crippen LogP contribution in [-0.2, 0) is 6.18 Å². The highest BCUT2D eigenvalue weighted by Crippen LogP contribution is 2.32. The van der Waals surface area contributed by atoms with Crippen LogP contribution in [0.25, 0.3) is 11.1 Å². The lowest BCUT2D eigenvalue weighted by atomic mass is 10.0. The van der Waals surface area contributed by atoms with Gasteiger partial charge in [-0.3, -0.25) is 4.98 Å². The van der Waals surface area contributed by atoms with Crippen molar-refractivity contribution in [2.24, 2.45) is 5.16 Å². The molecule has 0 bridgehead atoms. The first-order chi connectivity index (χ1) is 9.00. The smallest absolute Gasteiger partial charge is 0.411 e. The van der Waals surface area contributed by atoms with Gasteiger partial charge in [0.05, 0.1) is 11.8 Å². The van der Waals surface area contributed by atoms with E-state index in [1.54, 1.807) is 12.1 Å². The number of hydrogen-bond donors (Lipinski definition) is 1. The second-order valence-electron chi connectivity index (χ2n) is 3.83. The monoisotopic (exact) mass is 266 g/mol. The fourth-order valence-electron chi connectivity index (χ4n) is 1.63. The molecule has 0 spiro atoms. The van der Waals surface area contributed by atoms with Gasteiger partial charge in [-0.25, -0.2) is 0 Å². The van der Waals surface area contributed by atoms with Gasteiger partial charge in [0.2, 0.25) is 0 Å². The van der Waals surface area contributed by atoms with Crippen LogP contribution in [0.1, 0.15) is 11.1 Å². The average Bonchev–Trinajstić information content (AvgIpc) is 2.39. The number of pyridine rings is 1. The first-order valence-electron chi connectivity index (χ1n) is 5.31. The zero-order chi connectivity index (χ0) is 13.9. The van der Waals surface area contributed by atoms with E-state index >= 15 is 0 Å². The fraction of sp³-hybridized carbons (Fsp3) is 0.0769. The summed E-state index contributed by atoms with van der Waals surface area (Å²) in [6.45, 7) is 0. The van der Waals surface area contributed by atoms with Gasteiger partial charge in [0.25, 0.3) is 0 Å². The predicted molar refractivity (Wildman–Crippen MR) is 64.1 cm³/mol. The lowest BCUT2D eigenvalue weighted by Crippen LogP contribution is -2.04. The van der Waals surface area contributed by atoms with Gasteiger partial charge in [-0.05, 0) is 23.8 Å². The molecule has 0 unspecified atom stereocenters. The molecule has 0 saturated heterocycles. The summed E-state index contributed by atoms with van der Waals surface area (Å²) in [6, 6.07) is 6.55. The molecule has 0 aliphatic heterocycles. The topological polar surface area (TPSA) is 45.5 Å². The Morgan fingerprint density at radius 3 is 2.58 bits per heavy atom. The number of alkyl halides is 3. The number of nitrogens with zero attached hydrogens (tertiary/aromatic N) is 2. The molecule has 1 aromatic heterocycles. The van der Waals surface area contributed by atoms with Crippen molar-refractivity contribution in [1.82, 2.24) is 4.98 Å². The van der Waals surface area contributed by atoms with Crippen molar-refractivity contribution in [3.63, 3.8) is 0 Å². The normalized spacial score (nSPS) is 11.9. The number of halogens is 3. The summed E-state index contributed by atoms with van der Waals surface area (Å²) in [5, 5.41) is 11.3. The van der Waals surface area contributed by atoms with Crippen molar-refractivity contribution < 1.29 is 18.4 Å². The Kier molecular flexibility index (Phi) is 3.50. The highest BCUT2D eigenvalue weighted by atomic mass is 19.4. The van der Waals surface area contributed by atoms with Crippen LogP contribution in [0, 0.1) is 0 Å². The van der Waals surface area contributed by atoms with Crippen LogP contribution in [0.4, 0.5) is 13.2 Å². The summed E-state index contributed by atoms with van der Waals surface area (Å²) in [6.07, 6.45) is -0.335. The number of hydrogen-bond acceptors (Lipinski definition) is 3. The Morgan fingerprint density at radius 1 is 1.11 bits per heavy atom. The van der Waals surface area contributed by atoms with Crippen molar-refractivity contribution in [2.75, 3.05) is 0 Å². The Balaban J connectivity index is 2.44. The summed E-state index contributed by atoms with van der Waals surface area (Å²) < 4.78 is 37.8. The van der Waals surface area contributed by atoms with Gasteiger partial charge in [0, 0.05) is 23.5 Å². The van der Waals surface area contributed by atoms with Crippen LogP contribution in [0.5, 0.6) is 0 Å². The van der Waals surface area contributed by atoms with E-state index in [0.29, 0.717) is 16.7 Å². The highest BCUT2D eigenvalue weighted by Gasteiger charge is 2.30. The Morgan fingerprint density at radius 2 is 1.89 bits per heavy atom. The summed E-state index contributed by atoms with van der Waals surface area (Å²) in [5.41, 5.74) is 0.697. The minimum Gasteiger partial charge on any atom is -0.411 e. The van der Waals surface area contributed by atoms with Crippen LogP contribution in [0.15, 0.2) is 47.9 Å². The average molecular weight is 266 g/mol. The molecule has 2 rings (SSSR count). The van der Waals surface area contributed by atoms with Crippen LogP contribution < -0.4 is 0 Å². The van der Waals surface area contributed by atoms with Gasteiger partial charge in [0.15, 0.2) is 0 Å². The first-order valence-corrected chi connectivity index (χ1v) is 5.31. The van der Waals surface area contributed by atoms with E-state index in [2.05, 4.69) is 10.1 Å². The Labute approximate surface area is 107 Å². The molecule has 2 aromatic rings. The molecule has 0 fully saturated rings. The van der Waals surface area contributed by atoms with Crippen LogP contribution in [0.2, 0.25) is 0 Å². The molecule has 0 aliphatic carbocycles. The molecular formula is C13H9F3N2O. The number of rotatable bonds is 2. The maximum atomic E-state index is 12.6. The lowest BCUT2D eigenvalue weighted by molar-refractivity contribution is -0.137. The highest BCUT2D eigenvalue weighted by molar-refractivity contribution is 5.81. The number of oxime groups is 1. The van der Waals surface area contributed by atoms with Gasteiger partial charge in [-0.15, -0.1) is 0 Å². The van der Waals surface area contributed by atoms with Crippen LogP contribution >= 0.6 is 0 Å². The SMILES string of the molecule is O/N=C/c1cncc(-c2cccc(C(F)(F)F)c2)c1. The van der Waals surface area contributed by atoms with Crippen LogP contribution in [0.3, 0.4) is 0 Å². The zero-order valence-electron chi connectivity index (χ0n) is 9.59. The molecule has 0 aliphatic rings. The Hall–Kier alpha value is -2.37. The minimum absolute atomic E-state index is 0.399. The molecule has 0 radical (unpaired) electrons. The molecule has 6 heteroatoms. The van der Waals surface area contributed by atoms with Crippen molar-refractivity contribution in [2.45, 2.75) is 6.18 Å². The van der Waals surface area contributed by atoms with Crippen molar-refractivity contribution >= 4 is 6.21 Å². The van der Waals surface area contributed by atoms with E-state index in [1.165, 1.54) is 18.5 Å². The van der Waals surface area contributed by atoms with E-state index in [4.69, 9.17) is 5.21 Å². The number of benzene rings is 1. The third kappa shape index (κ3) is 3.09. The molecule has 19 heavy (non-hydrogen) atoms. The van der Waals surface area contributed by atoms with Gasteiger partial charge in [-0.2, -0.15) is 13.2 Å². The second-order valence-corrected chi connectivity index (χ2v) is 3.83. The molecular weight excluding hydrogens is 257 g/mol. The zero-order valence-corrected chi connectivity index (χ0v) is 9.59. The summed E-state index contributed by atoms with van der Waals surface area (Å²) in [4.78, 5) is 3.89. The van der Waals surface area contributed by atoms with Crippen LogP contribution in [-0.4, -0.2) is 16.4 Å². The van der Waals surface area contributed by atoms with Gasteiger partial charge >= 0.3 is 6.18 Å². The molecule has 0 amide bonds. The molecule has 0 saturated carbocycles. The van der Waals surface area contributed by atoms with Gasteiger partial charge < -0.3 is 5.21 Å². The molecule has 1 heterocycles. The second kappa shape index (κ2) is 5.09. The van der Waals surface area contributed by atoms with E-state index in [0.717, 1.165) is 18.3 Å². The predicted octanol–water partition coefficient (Wildman–Crippen LogP) is 3.58. The molecule has 1 aromatic carbocycles. The summed E-state index contributed by atoms with van der Waals surface area (Å²) in [7, 11) is 0. The van der Waals surface area contributed by atoms with Crippen molar-refractivity contribution in [3.05, 3.63) is 53.9 Å². The maximum Gasteiger partial charge on any atom is 0.416 e. The van der Waals surface area contributed by atoms with E-state index < -0.39 is 11.7 Å². The largest absolute Gasteiger partial charge is 0.416 e. The fourth-order valence-corrected chi connectivity index (χ4v) is 1.63. The number of aromatic nitrogens is 1. The van der Waals surface area contributed by atoms with Crippen molar-refractivity contribution in [3.8, 4) is 11.1 Å². The van der Waals surface area contributed by atoms with Gasteiger partial charge in [-0.1, -0.05) is 17.3 Å². The van der Waals surface area contributed by atoms with E-state index in [1.807, 2.05) is 0 Å². The third-order valence-electron chi connectivity index (χ3n) is 2.49. The first kappa shape index (κ1) is 13.1. The van der Waals surface area contributed by atoms with Crippen molar-refractivity contribution in [1.29, 1.82) is 0 Å². The summed E-state index contributed by atoms with van der Waals surface area (Å²) >= 11 is 0. The van der Waals surface area contributed by atoms with E-state index in [-0.39, 0.29) is 0 Å². The quantitative estimate of drug-likeness (QED) is 0.513.